The van der Waals surface area contributed by atoms with Crippen molar-refractivity contribution in [1.82, 2.24) is 4.90 Å². The maximum absolute atomic E-state index is 5.89. The zero-order chi connectivity index (χ0) is 12.3. The molecule has 1 rings (SSSR count). The summed E-state index contributed by atoms with van der Waals surface area (Å²) in [5.74, 6) is 0. The molecule has 0 saturated heterocycles. The molecule has 2 nitrogen and oxygen atoms in total. The van der Waals surface area contributed by atoms with Gasteiger partial charge >= 0.3 is 0 Å². The minimum Gasteiger partial charge on any atom is -0.330 e. The molecule has 0 aliphatic rings. The molecule has 0 fully saturated rings. The monoisotopic (exact) mass is 220 g/mol. The van der Waals surface area contributed by atoms with Crippen molar-refractivity contribution in [3.8, 4) is 0 Å². The highest BCUT2D eigenvalue weighted by Crippen LogP contribution is 2.36. The first kappa shape index (κ1) is 13.2. The number of aryl methyl sites for hydroxylation is 1. The van der Waals surface area contributed by atoms with E-state index in [0.717, 1.165) is 0 Å². The van der Waals surface area contributed by atoms with Crippen LogP contribution in [0.25, 0.3) is 0 Å². The van der Waals surface area contributed by atoms with E-state index in [1.165, 1.54) is 11.1 Å². The quantitative estimate of drug-likeness (QED) is 0.845. The Bertz CT molecular complexity index is 325. The molecule has 0 heterocycles. The lowest BCUT2D eigenvalue weighted by Gasteiger charge is -2.38. The summed E-state index contributed by atoms with van der Waals surface area (Å²) < 4.78 is 0. The van der Waals surface area contributed by atoms with Crippen LogP contribution in [-0.4, -0.2) is 25.5 Å². The maximum Gasteiger partial charge on any atom is 0.0405 e. The van der Waals surface area contributed by atoms with Crippen molar-refractivity contribution in [3.05, 3.63) is 35.4 Å². The summed E-state index contributed by atoms with van der Waals surface area (Å²) in [6.45, 7) is 7.24. The summed E-state index contributed by atoms with van der Waals surface area (Å²) in [7, 11) is 4.23. The molecule has 0 radical (unpaired) electrons. The Hall–Kier alpha value is -0.860. The second kappa shape index (κ2) is 4.98. The minimum atomic E-state index is 0.0821. The lowest BCUT2D eigenvalue weighted by molar-refractivity contribution is 0.143. The lowest BCUT2D eigenvalue weighted by Crippen LogP contribution is -2.38. The first-order valence-corrected chi connectivity index (χ1v) is 5.81. The van der Waals surface area contributed by atoms with Crippen molar-refractivity contribution in [1.29, 1.82) is 0 Å². The van der Waals surface area contributed by atoms with E-state index in [1.54, 1.807) is 0 Å². The van der Waals surface area contributed by atoms with Crippen LogP contribution in [0.3, 0.4) is 0 Å². The zero-order valence-electron chi connectivity index (χ0n) is 11.1. The molecule has 2 heteroatoms. The number of hydrogen-bond acceptors (Lipinski definition) is 2. The van der Waals surface area contributed by atoms with Crippen LogP contribution in [0.4, 0.5) is 0 Å². The third-order valence-corrected chi connectivity index (χ3v) is 3.18. The molecular formula is C14H24N2. The van der Waals surface area contributed by atoms with Crippen LogP contribution >= 0.6 is 0 Å². The van der Waals surface area contributed by atoms with Crippen LogP contribution in [0.1, 0.15) is 31.0 Å². The fourth-order valence-electron chi connectivity index (χ4n) is 2.31. The Balaban J connectivity index is 3.08. The van der Waals surface area contributed by atoms with Gasteiger partial charge in [0.25, 0.3) is 0 Å². The fourth-order valence-corrected chi connectivity index (χ4v) is 2.31. The first-order chi connectivity index (χ1) is 7.38. The molecule has 0 aliphatic heterocycles. The molecule has 1 atom stereocenters. The van der Waals surface area contributed by atoms with E-state index in [1.807, 2.05) is 0 Å². The average Bonchev–Trinajstić information content (AvgIpc) is 2.20. The zero-order valence-corrected chi connectivity index (χ0v) is 11.1. The standard InChI is InChI=1S/C14H24N2/c1-11-6-8-12(9-7-11)13(16(4)5)14(2,3)10-15/h6-9,13H,10,15H2,1-5H3. The van der Waals surface area contributed by atoms with Crippen LogP contribution in [0.5, 0.6) is 0 Å². The number of rotatable bonds is 4. The van der Waals surface area contributed by atoms with Gasteiger partial charge in [-0.05, 0) is 38.5 Å². The van der Waals surface area contributed by atoms with Crippen LogP contribution in [0.2, 0.25) is 0 Å². The largest absolute Gasteiger partial charge is 0.330 e. The van der Waals surface area contributed by atoms with Gasteiger partial charge in [0.1, 0.15) is 0 Å². The van der Waals surface area contributed by atoms with Crippen molar-refractivity contribution in [2.24, 2.45) is 11.1 Å². The Morgan fingerprint density at radius 3 is 2.06 bits per heavy atom. The molecule has 0 amide bonds. The average molecular weight is 220 g/mol. The third-order valence-electron chi connectivity index (χ3n) is 3.18. The third kappa shape index (κ3) is 2.83. The topological polar surface area (TPSA) is 29.3 Å². The number of nitrogens with zero attached hydrogens (tertiary/aromatic N) is 1. The maximum atomic E-state index is 5.89. The summed E-state index contributed by atoms with van der Waals surface area (Å²) in [4.78, 5) is 2.25. The smallest absolute Gasteiger partial charge is 0.0405 e. The molecule has 0 saturated carbocycles. The van der Waals surface area contributed by atoms with Gasteiger partial charge in [-0.3, -0.25) is 0 Å². The number of hydrogen-bond donors (Lipinski definition) is 1. The number of benzene rings is 1. The van der Waals surface area contributed by atoms with Gasteiger partial charge in [0, 0.05) is 6.04 Å². The van der Waals surface area contributed by atoms with Crippen LogP contribution < -0.4 is 5.73 Å². The van der Waals surface area contributed by atoms with E-state index in [-0.39, 0.29) is 5.41 Å². The second-order valence-electron chi connectivity index (χ2n) is 5.47. The van der Waals surface area contributed by atoms with Crippen LogP contribution in [0, 0.1) is 12.3 Å². The van der Waals surface area contributed by atoms with Gasteiger partial charge in [0.2, 0.25) is 0 Å². The van der Waals surface area contributed by atoms with E-state index in [0.29, 0.717) is 12.6 Å². The minimum absolute atomic E-state index is 0.0821. The van der Waals surface area contributed by atoms with Crippen LogP contribution in [-0.2, 0) is 0 Å². The molecule has 0 aliphatic carbocycles. The van der Waals surface area contributed by atoms with Gasteiger partial charge in [0.15, 0.2) is 0 Å². The van der Waals surface area contributed by atoms with E-state index >= 15 is 0 Å². The summed E-state index contributed by atoms with van der Waals surface area (Å²) >= 11 is 0. The molecule has 90 valence electrons. The Kier molecular flexibility index (Phi) is 4.11. The van der Waals surface area contributed by atoms with E-state index < -0.39 is 0 Å². The van der Waals surface area contributed by atoms with Crippen molar-refractivity contribution in [2.75, 3.05) is 20.6 Å². The van der Waals surface area contributed by atoms with Gasteiger partial charge in [0.05, 0.1) is 0 Å². The van der Waals surface area contributed by atoms with Gasteiger partial charge in [-0.2, -0.15) is 0 Å². The molecule has 0 bridgehead atoms. The molecule has 0 spiro atoms. The van der Waals surface area contributed by atoms with Gasteiger partial charge < -0.3 is 10.6 Å². The summed E-state index contributed by atoms with van der Waals surface area (Å²) in [6, 6.07) is 9.10. The Morgan fingerprint density at radius 2 is 1.69 bits per heavy atom. The highest BCUT2D eigenvalue weighted by molar-refractivity contribution is 5.25. The Morgan fingerprint density at radius 1 is 1.19 bits per heavy atom. The summed E-state index contributed by atoms with van der Waals surface area (Å²) in [6.07, 6.45) is 0. The van der Waals surface area contributed by atoms with Crippen molar-refractivity contribution in [3.63, 3.8) is 0 Å². The molecule has 1 aromatic carbocycles. The summed E-state index contributed by atoms with van der Waals surface area (Å²) in [5.41, 5.74) is 8.60. The fraction of sp³-hybridized carbons (Fsp3) is 0.571. The molecule has 1 aromatic rings. The van der Waals surface area contributed by atoms with Gasteiger partial charge in [-0.25, -0.2) is 0 Å². The Labute approximate surface area is 99.5 Å². The first-order valence-electron chi connectivity index (χ1n) is 5.81. The highest BCUT2D eigenvalue weighted by atomic mass is 15.1. The predicted octanol–water partition coefficient (Wildman–Crippen LogP) is 2.58. The predicted molar refractivity (Wildman–Crippen MR) is 70.4 cm³/mol. The van der Waals surface area contributed by atoms with Crippen molar-refractivity contribution in [2.45, 2.75) is 26.8 Å². The van der Waals surface area contributed by atoms with Gasteiger partial charge in [-0.15, -0.1) is 0 Å². The molecule has 1 unspecified atom stereocenters. The van der Waals surface area contributed by atoms with Crippen molar-refractivity contribution >= 4 is 0 Å². The molecule has 16 heavy (non-hydrogen) atoms. The van der Waals surface area contributed by atoms with E-state index in [2.05, 4.69) is 64.0 Å². The SMILES string of the molecule is Cc1ccc(C(N(C)C)C(C)(C)CN)cc1. The molecular weight excluding hydrogens is 196 g/mol. The van der Waals surface area contributed by atoms with Crippen molar-refractivity contribution < 1.29 is 0 Å². The normalized spacial score (nSPS) is 14.2. The van der Waals surface area contributed by atoms with E-state index in [9.17, 15) is 0 Å². The number of nitrogens with two attached hydrogens (primary N) is 1. The molecule has 2 N–H and O–H groups in total. The van der Waals surface area contributed by atoms with Gasteiger partial charge in [-0.1, -0.05) is 43.7 Å². The highest BCUT2D eigenvalue weighted by Gasteiger charge is 2.31. The lowest BCUT2D eigenvalue weighted by atomic mass is 9.79. The van der Waals surface area contributed by atoms with E-state index in [4.69, 9.17) is 5.73 Å². The van der Waals surface area contributed by atoms with Crippen LogP contribution in [0.15, 0.2) is 24.3 Å². The molecule has 0 aromatic heterocycles. The summed E-state index contributed by atoms with van der Waals surface area (Å²) in [5, 5.41) is 0. The second-order valence-corrected chi connectivity index (χ2v) is 5.47.